The van der Waals surface area contributed by atoms with Crippen molar-refractivity contribution in [2.24, 2.45) is 0 Å². The highest BCUT2D eigenvalue weighted by Gasteiger charge is 2.09. The van der Waals surface area contributed by atoms with Crippen molar-refractivity contribution in [3.05, 3.63) is 63.4 Å². The van der Waals surface area contributed by atoms with Crippen LogP contribution in [0.2, 0.25) is 10.0 Å². The highest BCUT2D eigenvalue weighted by Crippen LogP contribution is 2.32. The lowest BCUT2D eigenvalue weighted by molar-refractivity contribution is 0.408. The number of hydrogen-bond acceptors (Lipinski definition) is 2. The number of hydrogen-bond donors (Lipinski definition) is 1. The summed E-state index contributed by atoms with van der Waals surface area (Å²) < 4.78 is 18.8. The third-order valence-corrected chi connectivity index (χ3v) is 3.63. The molecule has 22 heavy (non-hydrogen) atoms. The highest BCUT2D eigenvalue weighted by molar-refractivity contribution is 6.35. The maximum absolute atomic E-state index is 13.5. The second kappa shape index (κ2) is 9.21. The van der Waals surface area contributed by atoms with Crippen LogP contribution >= 0.6 is 35.6 Å². The van der Waals surface area contributed by atoms with Crippen LogP contribution in [0.1, 0.15) is 11.1 Å². The highest BCUT2D eigenvalue weighted by atomic mass is 35.5. The SMILES string of the molecule is COc1c(Cl)cc(Cl)cc1CNCCc1ccccc1F.Cl. The molecule has 0 radical (unpaired) electrons. The van der Waals surface area contributed by atoms with E-state index in [4.69, 9.17) is 27.9 Å². The maximum atomic E-state index is 13.5. The van der Waals surface area contributed by atoms with E-state index in [1.165, 1.54) is 6.07 Å². The van der Waals surface area contributed by atoms with Crippen molar-refractivity contribution >= 4 is 35.6 Å². The molecule has 0 saturated carbocycles. The standard InChI is InChI=1S/C16H16Cl2FNO.ClH/c1-21-16-12(8-13(17)9-14(16)18)10-20-7-6-11-4-2-3-5-15(11)19;/h2-5,8-9,20H,6-7,10H2,1H3;1H. The molecule has 0 heterocycles. The summed E-state index contributed by atoms with van der Waals surface area (Å²) in [5.74, 6) is 0.433. The van der Waals surface area contributed by atoms with Gasteiger partial charge in [0.2, 0.25) is 0 Å². The summed E-state index contributed by atoms with van der Waals surface area (Å²) in [6.07, 6.45) is 0.614. The van der Waals surface area contributed by atoms with Crippen LogP contribution in [0.15, 0.2) is 36.4 Å². The molecule has 6 heteroatoms. The van der Waals surface area contributed by atoms with Gasteiger partial charge in [0, 0.05) is 17.1 Å². The molecule has 1 N–H and O–H groups in total. The fourth-order valence-electron chi connectivity index (χ4n) is 2.12. The molecule has 0 spiro atoms. The monoisotopic (exact) mass is 363 g/mol. The van der Waals surface area contributed by atoms with Gasteiger partial charge in [-0.3, -0.25) is 0 Å². The summed E-state index contributed by atoms with van der Waals surface area (Å²) in [4.78, 5) is 0. The average Bonchev–Trinajstić information content (AvgIpc) is 2.45. The minimum Gasteiger partial charge on any atom is -0.495 e. The van der Waals surface area contributed by atoms with Gasteiger partial charge in [-0.25, -0.2) is 4.39 Å². The van der Waals surface area contributed by atoms with E-state index < -0.39 is 0 Å². The Morgan fingerprint density at radius 3 is 2.55 bits per heavy atom. The molecule has 0 bridgehead atoms. The van der Waals surface area contributed by atoms with Crippen molar-refractivity contribution in [1.82, 2.24) is 5.32 Å². The van der Waals surface area contributed by atoms with E-state index in [9.17, 15) is 4.39 Å². The molecule has 120 valence electrons. The van der Waals surface area contributed by atoms with Crippen LogP contribution in [-0.4, -0.2) is 13.7 Å². The molecule has 0 aromatic heterocycles. The molecule has 0 amide bonds. The first-order valence-electron chi connectivity index (χ1n) is 6.58. The van der Waals surface area contributed by atoms with Crippen molar-refractivity contribution in [2.75, 3.05) is 13.7 Å². The number of nitrogens with one attached hydrogen (secondary N) is 1. The predicted molar refractivity (Wildman–Crippen MR) is 92.1 cm³/mol. The zero-order valence-corrected chi connectivity index (χ0v) is 14.4. The molecular formula is C16H17Cl3FNO. The first kappa shape index (κ1) is 19.0. The van der Waals surface area contributed by atoms with Gasteiger partial charge in [-0.2, -0.15) is 0 Å². The minimum atomic E-state index is -0.178. The third kappa shape index (κ3) is 5.03. The Kier molecular flexibility index (Phi) is 7.97. The molecule has 0 unspecified atom stereocenters. The van der Waals surface area contributed by atoms with Crippen LogP contribution in [0.3, 0.4) is 0 Å². The topological polar surface area (TPSA) is 21.3 Å². The molecule has 0 atom stereocenters. The zero-order valence-electron chi connectivity index (χ0n) is 12.0. The van der Waals surface area contributed by atoms with Gasteiger partial charge < -0.3 is 10.1 Å². The van der Waals surface area contributed by atoms with Crippen LogP contribution in [0.25, 0.3) is 0 Å². The summed E-state index contributed by atoms with van der Waals surface area (Å²) in [6.45, 7) is 1.20. The Morgan fingerprint density at radius 1 is 1.14 bits per heavy atom. The first-order valence-corrected chi connectivity index (χ1v) is 7.33. The van der Waals surface area contributed by atoms with E-state index in [0.717, 1.165) is 5.56 Å². The lowest BCUT2D eigenvalue weighted by Crippen LogP contribution is -2.17. The second-order valence-corrected chi connectivity index (χ2v) is 5.44. The number of benzene rings is 2. The van der Waals surface area contributed by atoms with Crippen LogP contribution in [0, 0.1) is 5.82 Å². The molecule has 2 aromatic rings. The number of halogens is 4. The largest absolute Gasteiger partial charge is 0.495 e. The van der Waals surface area contributed by atoms with Gasteiger partial charge in [-0.15, -0.1) is 12.4 Å². The van der Waals surface area contributed by atoms with Crippen LogP contribution < -0.4 is 10.1 Å². The van der Waals surface area contributed by atoms with Gasteiger partial charge in [0.25, 0.3) is 0 Å². The van der Waals surface area contributed by atoms with Gasteiger partial charge in [-0.1, -0.05) is 41.4 Å². The summed E-state index contributed by atoms with van der Waals surface area (Å²) >= 11 is 12.1. The molecule has 0 fully saturated rings. The fourth-order valence-corrected chi connectivity index (χ4v) is 2.73. The van der Waals surface area contributed by atoms with E-state index in [1.54, 1.807) is 25.3 Å². The van der Waals surface area contributed by atoms with E-state index in [-0.39, 0.29) is 18.2 Å². The summed E-state index contributed by atoms with van der Waals surface area (Å²) in [5.41, 5.74) is 1.57. The molecule has 2 aromatic carbocycles. The van der Waals surface area contributed by atoms with Gasteiger partial charge >= 0.3 is 0 Å². The van der Waals surface area contributed by atoms with Crippen LogP contribution in [-0.2, 0) is 13.0 Å². The van der Waals surface area contributed by atoms with Gasteiger partial charge in [0.1, 0.15) is 11.6 Å². The summed E-state index contributed by atoms with van der Waals surface area (Å²) in [5, 5.41) is 4.29. The fraction of sp³-hybridized carbons (Fsp3) is 0.250. The van der Waals surface area contributed by atoms with Crippen molar-refractivity contribution in [3.63, 3.8) is 0 Å². The lowest BCUT2D eigenvalue weighted by Gasteiger charge is -2.12. The molecule has 0 aliphatic rings. The number of ether oxygens (including phenoxy) is 1. The van der Waals surface area contributed by atoms with E-state index in [1.807, 2.05) is 12.1 Å². The molecule has 2 nitrogen and oxygen atoms in total. The first-order chi connectivity index (χ1) is 10.1. The van der Waals surface area contributed by atoms with Crippen LogP contribution in [0.5, 0.6) is 5.75 Å². The van der Waals surface area contributed by atoms with E-state index in [2.05, 4.69) is 5.32 Å². The Bertz CT molecular complexity index is 622. The zero-order chi connectivity index (χ0) is 15.2. The molecule has 0 aliphatic heterocycles. The Labute approximate surface area is 146 Å². The minimum absolute atomic E-state index is 0. The molecule has 2 rings (SSSR count). The summed E-state index contributed by atoms with van der Waals surface area (Å²) in [7, 11) is 1.57. The van der Waals surface area contributed by atoms with E-state index >= 15 is 0 Å². The number of methoxy groups -OCH3 is 1. The summed E-state index contributed by atoms with van der Waals surface area (Å²) in [6, 6.07) is 10.2. The van der Waals surface area contributed by atoms with Crippen LogP contribution in [0.4, 0.5) is 4.39 Å². The Balaban J connectivity index is 0.00000242. The predicted octanol–water partition coefficient (Wildman–Crippen LogP) is 4.90. The van der Waals surface area contributed by atoms with Gasteiger partial charge in [0.15, 0.2) is 0 Å². The van der Waals surface area contributed by atoms with Gasteiger partial charge in [-0.05, 0) is 36.7 Å². The van der Waals surface area contributed by atoms with E-state index in [0.29, 0.717) is 40.9 Å². The average molecular weight is 365 g/mol. The molecule has 0 aliphatic carbocycles. The van der Waals surface area contributed by atoms with Crippen molar-refractivity contribution in [3.8, 4) is 5.75 Å². The number of rotatable bonds is 6. The normalized spacial score (nSPS) is 10.2. The third-order valence-electron chi connectivity index (χ3n) is 3.13. The molecular weight excluding hydrogens is 348 g/mol. The maximum Gasteiger partial charge on any atom is 0.142 e. The smallest absolute Gasteiger partial charge is 0.142 e. The van der Waals surface area contributed by atoms with Crippen molar-refractivity contribution in [2.45, 2.75) is 13.0 Å². The Morgan fingerprint density at radius 2 is 1.86 bits per heavy atom. The second-order valence-electron chi connectivity index (χ2n) is 4.60. The van der Waals surface area contributed by atoms with Crippen molar-refractivity contribution in [1.29, 1.82) is 0 Å². The van der Waals surface area contributed by atoms with Crippen molar-refractivity contribution < 1.29 is 9.13 Å². The van der Waals surface area contributed by atoms with Gasteiger partial charge in [0.05, 0.1) is 12.1 Å². The lowest BCUT2D eigenvalue weighted by atomic mass is 10.1. The molecule has 0 saturated heterocycles. The Hall–Kier alpha value is -1.00. The quantitative estimate of drug-likeness (QED) is 0.736.